The molecule has 1 amide bonds. The van der Waals surface area contributed by atoms with Crippen LogP contribution in [-0.4, -0.2) is 39.2 Å². The van der Waals surface area contributed by atoms with Gasteiger partial charge in [0.05, 0.1) is 0 Å². The monoisotopic (exact) mass is 420 g/mol. The van der Waals surface area contributed by atoms with Crippen molar-refractivity contribution >= 4 is 17.7 Å². The minimum Gasteiger partial charge on any atom is -0.342 e. The van der Waals surface area contributed by atoms with E-state index in [1.807, 2.05) is 37.4 Å². The van der Waals surface area contributed by atoms with Crippen LogP contribution in [0.5, 0.6) is 0 Å². The van der Waals surface area contributed by atoms with Crippen molar-refractivity contribution < 1.29 is 4.79 Å². The molecule has 3 rings (SSSR count). The van der Waals surface area contributed by atoms with Gasteiger partial charge in [-0.1, -0.05) is 66.7 Å². The van der Waals surface area contributed by atoms with Gasteiger partial charge in [-0.15, -0.1) is 16.8 Å². The molecule has 1 heterocycles. The molecule has 0 fully saturated rings. The summed E-state index contributed by atoms with van der Waals surface area (Å²) in [6.07, 6.45) is 2.81. The van der Waals surface area contributed by atoms with Gasteiger partial charge in [0, 0.05) is 37.0 Å². The maximum absolute atomic E-state index is 12.4. The van der Waals surface area contributed by atoms with Gasteiger partial charge in [-0.2, -0.15) is 0 Å². The van der Waals surface area contributed by atoms with Crippen molar-refractivity contribution in [2.24, 2.45) is 0 Å². The van der Waals surface area contributed by atoms with E-state index in [0.29, 0.717) is 6.54 Å². The van der Waals surface area contributed by atoms with Crippen molar-refractivity contribution in [3.8, 4) is 11.4 Å². The maximum Gasteiger partial charge on any atom is 0.253 e. The minimum atomic E-state index is 0.0597. The Labute approximate surface area is 182 Å². The van der Waals surface area contributed by atoms with E-state index in [0.717, 1.165) is 46.4 Å². The van der Waals surface area contributed by atoms with E-state index in [2.05, 4.69) is 59.5 Å². The summed E-state index contributed by atoms with van der Waals surface area (Å²) in [4.78, 5) is 14.1. The molecule has 0 saturated carbocycles. The second kappa shape index (κ2) is 10.3. The molecule has 0 spiro atoms. The molecule has 3 aromatic rings. The topological polar surface area (TPSA) is 51.0 Å². The zero-order valence-electron chi connectivity index (χ0n) is 17.8. The number of hydrogen-bond donors (Lipinski definition) is 0. The van der Waals surface area contributed by atoms with Gasteiger partial charge in [0.2, 0.25) is 0 Å². The summed E-state index contributed by atoms with van der Waals surface area (Å²) < 4.78 is 2.08. The molecule has 5 nitrogen and oxygen atoms in total. The third-order valence-corrected chi connectivity index (χ3v) is 5.85. The summed E-state index contributed by atoms with van der Waals surface area (Å²) in [5.41, 5.74) is 4.11. The van der Waals surface area contributed by atoms with Crippen LogP contribution in [0.15, 0.2) is 66.3 Å². The Morgan fingerprint density at radius 1 is 1.13 bits per heavy atom. The van der Waals surface area contributed by atoms with E-state index in [-0.39, 0.29) is 5.91 Å². The summed E-state index contributed by atoms with van der Waals surface area (Å²) >= 11 is 1.63. The quantitative estimate of drug-likeness (QED) is 0.352. The van der Waals surface area contributed by atoms with Crippen molar-refractivity contribution in [1.82, 2.24) is 19.7 Å². The van der Waals surface area contributed by atoms with Crippen molar-refractivity contribution in [3.63, 3.8) is 0 Å². The van der Waals surface area contributed by atoms with Crippen LogP contribution in [0.2, 0.25) is 0 Å². The van der Waals surface area contributed by atoms with Crippen LogP contribution in [0.25, 0.3) is 11.4 Å². The lowest BCUT2D eigenvalue weighted by atomic mass is 10.1. The number of amides is 1. The minimum absolute atomic E-state index is 0.0597. The number of thioether (sulfide) groups is 1. The van der Waals surface area contributed by atoms with Crippen molar-refractivity contribution in [2.75, 3.05) is 13.6 Å². The van der Waals surface area contributed by atoms with E-state index < -0.39 is 0 Å². The Morgan fingerprint density at radius 2 is 1.83 bits per heavy atom. The van der Waals surface area contributed by atoms with Gasteiger partial charge in [-0.25, -0.2) is 0 Å². The van der Waals surface area contributed by atoms with Crippen LogP contribution < -0.4 is 0 Å². The molecule has 0 radical (unpaired) electrons. The number of aromatic nitrogens is 3. The number of carbonyl (C=O) groups excluding carboxylic acids is 1. The molecule has 0 unspecified atom stereocenters. The summed E-state index contributed by atoms with van der Waals surface area (Å²) in [5, 5.41) is 9.68. The highest BCUT2D eigenvalue weighted by molar-refractivity contribution is 7.98. The number of benzene rings is 2. The smallest absolute Gasteiger partial charge is 0.253 e. The highest BCUT2D eigenvalue weighted by atomic mass is 32.2. The van der Waals surface area contributed by atoms with Crippen molar-refractivity contribution in [3.05, 3.63) is 77.9 Å². The summed E-state index contributed by atoms with van der Waals surface area (Å²) in [6, 6.07) is 16.1. The Hall–Kier alpha value is -2.86. The maximum atomic E-state index is 12.4. The fraction of sp³-hybridized carbons (Fsp3) is 0.292. The molecule has 0 saturated heterocycles. The van der Waals surface area contributed by atoms with Gasteiger partial charge in [0.1, 0.15) is 0 Å². The molecule has 0 aliphatic rings. The van der Waals surface area contributed by atoms with Crippen LogP contribution >= 0.6 is 11.8 Å². The molecule has 1 aromatic heterocycles. The largest absolute Gasteiger partial charge is 0.342 e. The standard InChI is InChI=1S/C24H28N4OS/c1-5-15-27(4)23(29)21-13-9-19(10-14-21)17-30-24-26-25-22(28(24)16-6-2)20-11-7-18(3)8-12-20/h6-14H,2,5,15-17H2,1,3-4H3. The van der Waals surface area contributed by atoms with E-state index in [1.165, 1.54) is 5.56 Å². The number of aryl methyl sites for hydroxylation is 1. The van der Waals surface area contributed by atoms with Crippen LogP contribution in [0, 0.1) is 6.92 Å². The summed E-state index contributed by atoms with van der Waals surface area (Å²) in [7, 11) is 1.84. The lowest BCUT2D eigenvalue weighted by Gasteiger charge is -2.16. The number of rotatable bonds is 9. The molecule has 0 atom stereocenters. The summed E-state index contributed by atoms with van der Waals surface area (Å²) in [6.45, 7) is 9.43. The van der Waals surface area contributed by atoms with Crippen LogP contribution in [0.3, 0.4) is 0 Å². The van der Waals surface area contributed by atoms with Gasteiger partial charge in [-0.3, -0.25) is 9.36 Å². The lowest BCUT2D eigenvalue weighted by Crippen LogP contribution is -2.27. The third-order valence-electron chi connectivity index (χ3n) is 4.81. The Kier molecular flexibility index (Phi) is 7.46. The average molecular weight is 421 g/mol. The third kappa shape index (κ3) is 5.19. The van der Waals surface area contributed by atoms with Crippen molar-refractivity contribution in [1.29, 1.82) is 0 Å². The van der Waals surface area contributed by atoms with E-state index in [1.54, 1.807) is 16.7 Å². The first kappa shape index (κ1) is 21.8. The van der Waals surface area contributed by atoms with Crippen LogP contribution in [0.4, 0.5) is 0 Å². The zero-order valence-corrected chi connectivity index (χ0v) is 18.7. The molecule has 0 bridgehead atoms. The predicted molar refractivity (Wildman–Crippen MR) is 124 cm³/mol. The first-order chi connectivity index (χ1) is 14.5. The van der Waals surface area contributed by atoms with Gasteiger partial charge in [0.15, 0.2) is 11.0 Å². The molecular weight excluding hydrogens is 392 g/mol. The molecule has 2 aromatic carbocycles. The van der Waals surface area contributed by atoms with Gasteiger partial charge < -0.3 is 4.90 Å². The van der Waals surface area contributed by atoms with E-state index in [4.69, 9.17) is 0 Å². The molecule has 156 valence electrons. The van der Waals surface area contributed by atoms with Crippen LogP contribution in [0.1, 0.15) is 34.8 Å². The van der Waals surface area contributed by atoms with E-state index >= 15 is 0 Å². The highest BCUT2D eigenvalue weighted by Crippen LogP contribution is 2.27. The molecule has 30 heavy (non-hydrogen) atoms. The fourth-order valence-electron chi connectivity index (χ4n) is 3.15. The first-order valence-electron chi connectivity index (χ1n) is 10.1. The average Bonchev–Trinajstić information content (AvgIpc) is 3.15. The van der Waals surface area contributed by atoms with Crippen LogP contribution in [-0.2, 0) is 12.3 Å². The molecular formula is C24H28N4OS. The number of hydrogen-bond acceptors (Lipinski definition) is 4. The van der Waals surface area contributed by atoms with Crippen molar-refractivity contribution in [2.45, 2.75) is 37.7 Å². The second-order valence-electron chi connectivity index (χ2n) is 7.28. The normalized spacial score (nSPS) is 10.8. The predicted octanol–water partition coefficient (Wildman–Crippen LogP) is 5.21. The SMILES string of the molecule is C=CCn1c(SCc2ccc(C(=O)N(C)CCC)cc2)nnc1-c1ccc(C)cc1. The lowest BCUT2D eigenvalue weighted by molar-refractivity contribution is 0.0795. The Morgan fingerprint density at radius 3 is 2.47 bits per heavy atom. The summed E-state index contributed by atoms with van der Waals surface area (Å²) in [5.74, 6) is 1.66. The number of carbonyl (C=O) groups is 1. The first-order valence-corrected chi connectivity index (χ1v) is 11.1. The molecule has 0 aliphatic heterocycles. The number of nitrogens with zero attached hydrogens (tertiary/aromatic N) is 4. The second-order valence-corrected chi connectivity index (χ2v) is 8.23. The van der Waals surface area contributed by atoms with Gasteiger partial charge in [0.25, 0.3) is 5.91 Å². The van der Waals surface area contributed by atoms with Gasteiger partial charge >= 0.3 is 0 Å². The molecule has 0 aliphatic carbocycles. The fourth-order valence-corrected chi connectivity index (χ4v) is 4.06. The van der Waals surface area contributed by atoms with E-state index in [9.17, 15) is 4.79 Å². The number of allylic oxidation sites excluding steroid dienone is 1. The molecule has 0 N–H and O–H groups in total. The van der Waals surface area contributed by atoms with Gasteiger partial charge in [-0.05, 0) is 31.0 Å². The molecule has 6 heteroatoms. The highest BCUT2D eigenvalue weighted by Gasteiger charge is 2.14. The zero-order chi connectivity index (χ0) is 21.5. The Balaban J connectivity index is 1.72. The Bertz CT molecular complexity index is 993.